The van der Waals surface area contributed by atoms with Gasteiger partial charge in [-0.25, -0.2) is 8.42 Å². The van der Waals surface area contributed by atoms with Gasteiger partial charge in [-0.05, 0) is 97.5 Å². The molecule has 0 aliphatic carbocycles. The molecule has 1 heterocycles. The molecule has 192 valence electrons. The van der Waals surface area contributed by atoms with Crippen LogP contribution in [0.5, 0.6) is 11.5 Å². The first-order valence-corrected chi connectivity index (χ1v) is 13.2. The highest BCUT2D eigenvalue weighted by Gasteiger charge is 2.31. The minimum Gasteiger partial charge on any atom is -0.497 e. The Morgan fingerprint density at radius 2 is 1.92 bits per heavy atom. The van der Waals surface area contributed by atoms with Gasteiger partial charge in [0.15, 0.2) is 0 Å². The third-order valence-corrected chi connectivity index (χ3v) is 8.04. The molecular weight excluding hydrogens is 492 g/mol. The molecule has 0 aromatic heterocycles. The van der Waals surface area contributed by atoms with Crippen LogP contribution in [0.3, 0.4) is 0 Å². The summed E-state index contributed by atoms with van der Waals surface area (Å²) < 4.78 is 39.4. The zero-order valence-electron chi connectivity index (χ0n) is 20.9. The Kier molecular flexibility index (Phi) is 7.25. The molecular formula is C28H28N2O6S. The maximum atomic E-state index is 13.6. The van der Waals surface area contributed by atoms with E-state index in [4.69, 9.17) is 9.47 Å². The number of aliphatic carboxylic acids is 1. The fourth-order valence-corrected chi connectivity index (χ4v) is 5.77. The predicted molar refractivity (Wildman–Crippen MR) is 138 cm³/mol. The zero-order valence-corrected chi connectivity index (χ0v) is 21.7. The van der Waals surface area contributed by atoms with Crippen molar-refractivity contribution in [3.8, 4) is 28.7 Å². The number of aryl methyl sites for hydroxylation is 1. The van der Waals surface area contributed by atoms with Crippen LogP contribution in [0.2, 0.25) is 0 Å². The monoisotopic (exact) mass is 520 g/mol. The van der Waals surface area contributed by atoms with Gasteiger partial charge in [-0.15, -0.1) is 0 Å². The summed E-state index contributed by atoms with van der Waals surface area (Å²) in [5, 5.41) is 19.1. The highest BCUT2D eigenvalue weighted by Crippen LogP contribution is 2.35. The summed E-state index contributed by atoms with van der Waals surface area (Å²) in [6, 6.07) is 19.0. The lowest BCUT2D eigenvalue weighted by Gasteiger charge is -2.33. The van der Waals surface area contributed by atoms with Crippen molar-refractivity contribution < 1.29 is 27.8 Å². The first kappa shape index (κ1) is 26.2. The van der Waals surface area contributed by atoms with E-state index in [1.807, 2.05) is 32.0 Å². The van der Waals surface area contributed by atoms with Gasteiger partial charge in [-0.1, -0.05) is 12.1 Å². The summed E-state index contributed by atoms with van der Waals surface area (Å²) in [7, 11) is -2.62. The van der Waals surface area contributed by atoms with Crippen LogP contribution < -0.4 is 9.47 Å². The molecule has 0 saturated carbocycles. The summed E-state index contributed by atoms with van der Waals surface area (Å²) in [5.41, 5.74) is 2.72. The van der Waals surface area contributed by atoms with Gasteiger partial charge in [0.05, 0.1) is 23.6 Å². The second-order valence-corrected chi connectivity index (χ2v) is 11.5. The predicted octanol–water partition coefficient (Wildman–Crippen LogP) is 4.61. The van der Waals surface area contributed by atoms with E-state index >= 15 is 0 Å². The van der Waals surface area contributed by atoms with Crippen LogP contribution in [0.4, 0.5) is 0 Å². The second kappa shape index (κ2) is 10.2. The van der Waals surface area contributed by atoms with Crippen LogP contribution in [0, 0.1) is 11.3 Å². The molecule has 3 aromatic carbocycles. The van der Waals surface area contributed by atoms with Crippen molar-refractivity contribution in [3.05, 3.63) is 77.4 Å². The topological polar surface area (TPSA) is 117 Å². The lowest BCUT2D eigenvalue weighted by Crippen LogP contribution is -2.36. The number of hydrogen-bond donors (Lipinski definition) is 1. The van der Waals surface area contributed by atoms with Gasteiger partial charge >= 0.3 is 5.97 Å². The van der Waals surface area contributed by atoms with Gasteiger partial charge < -0.3 is 14.6 Å². The molecule has 37 heavy (non-hydrogen) atoms. The van der Waals surface area contributed by atoms with Gasteiger partial charge in [-0.3, -0.25) is 4.79 Å². The fourth-order valence-electron chi connectivity index (χ4n) is 4.34. The smallest absolute Gasteiger partial charge is 0.318 e. The van der Waals surface area contributed by atoms with Crippen molar-refractivity contribution in [1.82, 2.24) is 4.31 Å². The number of nitriles is 1. The van der Waals surface area contributed by atoms with Crippen LogP contribution in [-0.4, -0.2) is 43.1 Å². The number of benzene rings is 3. The molecule has 0 fully saturated rings. The second-order valence-electron chi connectivity index (χ2n) is 9.56. The third-order valence-electron chi connectivity index (χ3n) is 6.25. The molecule has 0 amide bonds. The molecule has 0 spiro atoms. The standard InChI is InChI=1S/C28H28N2O6S/c1-28(2)10-9-22-15-25(7-8-26(22)36-28)37(33,34)30(18-27(31)32)17-20-11-19(16-29)12-23(13-20)21-5-4-6-24(14-21)35-3/h4-8,11-15H,9-10,17-18H2,1-3H3,(H,31,32). The zero-order chi connectivity index (χ0) is 26.8. The Labute approximate surface area is 216 Å². The highest BCUT2D eigenvalue weighted by molar-refractivity contribution is 7.89. The van der Waals surface area contributed by atoms with Crippen molar-refractivity contribution >= 4 is 16.0 Å². The molecule has 4 rings (SSSR count). The molecule has 8 nitrogen and oxygen atoms in total. The number of nitrogens with zero attached hydrogens (tertiary/aromatic N) is 2. The number of ether oxygens (including phenoxy) is 2. The van der Waals surface area contributed by atoms with Crippen molar-refractivity contribution in [2.45, 2.75) is 43.7 Å². The molecule has 9 heteroatoms. The maximum Gasteiger partial charge on any atom is 0.318 e. The Morgan fingerprint density at radius 3 is 2.62 bits per heavy atom. The van der Waals surface area contributed by atoms with Gasteiger partial charge in [0.1, 0.15) is 23.6 Å². The van der Waals surface area contributed by atoms with Gasteiger partial charge in [0.2, 0.25) is 10.0 Å². The maximum absolute atomic E-state index is 13.6. The number of rotatable bonds is 8. The average Bonchev–Trinajstić information content (AvgIpc) is 2.87. The van der Waals surface area contributed by atoms with Crippen LogP contribution in [0.25, 0.3) is 11.1 Å². The van der Waals surface area contributed by atoms with Gasteiger partial charge in [0, 0.05) is 6.54 Å². The normalized spacial score (nSPS) is 14.4. The summed E-state index contributed by atoms with van der Waals surface area (Å²) >= 11 is 0. The van der Waals surface area contributed by atoms with Crippen LogP contribution >= 0.6 is 0 Å². The van der Waals surface area contributed by atoms with E-state index in [1.54, 1.807) is 43.5 Å². The van der Waals surface area contributed by atoms with E-state index in [9.17, 15) is 23.6 Å². The number of carbonyl (C=O) groups is 1. The quantitative estimate of drug-likeness (QED) is 0.461. The third kappa shape index (κ3) is 5.93. The molecule has 0 unspecified atom stereocenters. The molecule has 3 aromatic rings. The van der Waals surface area contributed by atoms with E-state index in [1.165, 1.54) is 6.07 Å². The molecule has 1 aliphatic rings. The Hall–Kier alpha value is -3.87. The van der Waals surface area contributed by atoms with Crippen molar-refractivity contribution in [1.29, 1.82) is 5.26 Å². The van der Waals surface area contributed by atoms with Crippen molar-refractivity contribution in [2.24, 2.45) is 0 Å². The molecule has 0 bridgehead atoms. The molecule has 0 saturated heterocycles. The SMILES string of the molecule is COc1cccc(-c2cc(C#N)cc(CN(CC(=O)O)S(=O)(=O)c3ccc4c(c3)CCC(C)(C)O4)c2)c1. The first-order valence-electron chi connectivity index (χ1n) is 11.7. The number of hydrogen-bond acceptors (Lipinski definition) is 6. The van der Waals surface area contributed by atoms with Crippen LogP contribution in [-0.2, 0) is 27.8 Å². The lowest BCUT2D eigenvalue weighted by molar-refractivity contribution is -0.137. The Balaban J connectivity index is 1.71. The minimum atomic E-state index is -4.17. The van der Waals surface area contributed by atoms with E-state index < -0.39 is 22.5 Å². The summed E-state index contributed by atoms with van der Waals surface area (Å²) in [6.45, 7) is 3.00. The molecule has 0 atom stereocenters. The van der Waals surface area contributed by atoms with E-state index in [2.05, 4.69) is 6.07 Å². The van der Waals surface area contributed by atoms with E-state index in [-0.39, 0.29) is 17.0 Å². The number of methoxy groups -OCH3 is 1. The van der Waals surface area contributed by atoms with Crippen LogP contribution in [0.15, 0.2) is 65.6 Å². The Morgan fingerprint density at radius 1 is 1.14 bits per heavy atom. The summed E-state index contributed by atoms with van der Waals surface area (Å²) in [5.74, 6) is -0.0167. The van der Waals surface area contributed by atoms with Gasteiger partial charge in [-0.2, -0.15) is 9.57 Å². The fraction of sp³-hybridized carbons (Fsp3) is 0.286. The number of sulfonamides is 1. The number of fused-ring (bicyclic) bond motifs is 1. The summed E-state index contributed by atoms with van der Waals surface area (Å²) in [4.78, 5) is 11.7. The molecule has 1 aliphatic heterocycles. The largest absolute Gasteiger partial charge is 0.497 e. The number of carboxylic acids is 1. The van der Waals surface area contributed by atoms with Gasteiger partial charge in [0.25, 0.3) is 0 Å². The highest BCUT2D eigenvalue weighted by atomic mass is 32.2. The van der Waals surface area contributed by atoms with E-state index in [0.717, 1.165) is 21.9 Å². The van der Waals surface area contributed by atoms with Crippen molar-refractivity contribution in [3.63, 3.8) is 0 Å². The van der Waals surface area contributed by atoms with Crippen LogP contribution in [0.1, 0.15) is 37.0 Å². The lowest BCUT2D eigenvalue weighted by atomic mass is 9.94. The molecule has 1 N–H and O–H groups in total. The minimum absolute atomic E-state index is 0.000244. The number of carboxylic acid groups (broad SMARTS) is 1. The Bertz CT molecular complexity index is 1490. The first-order chi connectivity index (χ1) is 17.5. The average molecular weight is 521 g/mol. The summed E-state index contributed by atoms with van der Waals surface area (Å²) in [6.07, 6.45) is 1.38. The van der Waals surface area contributed by atoms with Crippen molar-refractivity contribution in [2.75, 3.05) is 13.7 Å². The molecule has 0 radical (unpaired) electrons. The van der Waals surface area contributed by atoms with E-state index in [0.29, 0.717) is 34.6 Å².